The molecule has 5 heteroatoms. The van der Waals surface area contributed by atoms with Crippen molar-refractivity contribution in [1.29, 1.82) is 0 Å². The van der Waals surface area contributed by atoms with Crippen molar-refractivity contribution in [3.8, 4) is 12.3 Å². The molecule has 1 unspecified atom stereocenters. The highest BCUT2D eigenvalue weighted by atomic mass is 32.2. The Morgan fingerprint density at radius 1 is 1.50 bits per heavy atom. The Kier molecular flexibility index (Phi) is 3.90. The van der Waals surface area contributed by atoms with Crippen LogP contribution < -0.4 is 10.6 Å². The van der Waals surface area contributed by atoms with Crippen LogP contribution in [0.1, 0.15) is 6.42 Å². The van der Waals surface area contributed by atoms with Gasteiger partial charge in [0.25, 0.3) is 0 Å². The van der Waals surface area contributed by atoms with E-state index in [0.717, 1.165) is 10.6 Å². The number of carbonyl (C=O) groups is 2. The number of benzene rings is 1. The van der Waals surface area contributed by atoms with Gasteiger partial charge in [0, 0.05) is 11.3 Å². The van der Waals surface area contributed by atoms with Crippen LogP contribution in [0.4, 0.5) is 5.69 Å². The summed E-state index contributed by atoms with van der Waals surface area (Å²) in [5.74, 6) is 1.97. The van der Waals surface area contributed by atoms with Gasteiger partial charge < -0.3 is 10.6 Å². The Hall–Kier alpha value is -1.93. The first-order valence-electron chi connectivity index (χ1n) is 5.47. The van der Waals surface area contributed by atoms with Gasteiger partial charge >= 0.3 is 0 Å². The molecule has 1 aliphatic heterocycles. The highest BCUT2D eigenvalue weighted by Gasteiger charge is 2.28. The molecule has 0 spiro atoms. The molecule has 2 rings (SSSR count). The monoisotopic (exact) mass is 260 g/mol. The lowest BCUT2D eigenvalue weighted by atomic mass is 10.2. The number of rotatable bonds is 3. The average molecular weight is 260 g/mol. The molecule has 0 saturated heterocycles. The van der Waals surface area contributed by atoms with E-state index in [4.69, 9.17) is 6.42 Å². The molecule has 18 heavy (non-hydrogen) atoms. The number of hydrogen-bond acceptors (Lipinski definition) is 3. The van der Waals surface area contributed by atoms with Gasteiger partial charge in [0.1, 0.15) is 0 Å². The van der Waals surface area contributed by atoms with E-state index in [1.165, 1.54) is 11.8 Å². The van der Waals surface area contributed by atoms with Crippen LogP contribution in [0.25, 0.3) is 0 Å². The SMILES string of the molecule is C#CCNC(=O)CC1Sc2ccccc2NC1=O. The van der Waals surface area contributed by atoms with Crippen molar-refractivity contribution < 1.29 is 9.59 Å². The quantitative estimate of drug-likeness (QED) is 0.804. The first-order valence-corrected chi connectivity index (χ1v) is 6.35. The summed E-state index contributed by atoms with van der Waals surface area (Å²) in [6, 6.07) is 7.53. The zero-order valence-electron chi connectivity index (χ0n) is 9.60. The molecule has 0 aromatic heterocycles. The van der Waals surface area contributed by atoms with Crippen molar-refractivity contribution in [3.63, 3.8) is 0 Å². The number of nitrogens with one attached hydrogen (secondary N) is 2. The number of fused-ring (bicyclic) bond motifs is 1. The molecule has 2 amide bonds. The third-order valence-electron chi connectivity index (χ3n) is 2.46. The largest absolute Gasteiger partial charge is 0.345 e. The Morgan fingerprint density at radius 2 is 2.28 bits per heavy atom. The summed E-state index contributed by atoms with van der Waals surface area (Å²) in [5.41, 5.74) is 0.799. The van der Waals surface area contributed by atoms with Crippen LogP contribution >= 0.6 is 11.8 Å². The Morgan fingerprint density at radius 3 is 3.06 bits per heavy atom. The Balaban J connectivity index is 2.02. The number of terminal acetylenes is 1. The third kappa shape index (κ3) is 2.84. The average Bonchev–Trinajstić information content (AvgIpc) is 2.37. The van der Waals surface area contributed by atoms with Crippen molar-refractivity contribution >= 4 is 29.3 Å². The first-order chi connectivity index (χ1) is 8.70. The summed E-state index contributed by atoms with van der Waals surface area (Å²) >= 11 is 1.40. The second-order valence-corrected chi connectivity index (χ2v) is 5.02. The summed E-state index contributed by atoms with van der Waals surface area (Å²) in [4.78, 5) is 24.3. The van der Waals surface area contributed by atoms with Gasteiger partial charge in [0.05, 0.1) is 17.5 Å². The van der Waals surface area contributed by atoms with E-state index in [1.807, 2.05) is 24.3 Å². The highest BCUT2D eigenvalue weighted by Crippen LogP contribution is 2.36. The molecule has 0 aliphatic carbocycles. The van der Waals surface area contributed by atoms with Crippen LogP contribution in [-0.2, 0) is 9.59 Å². The lowest BCUT2D eigenvalue weighted by molar-refractivity contribution is -0.123. The van der Waals surface area contributed by atoms with Crippen molar-refractivity contribution in [2.24, 2.45) is 0 Å². The van der Waals surface area contributed by atoms with Crippen LogP contribution in [0.3, 0.4) is 0 Å². The number of thioether (sulfide) groups is 1. The van der Waals surface area contributed by atoms with E-state index >= 15 is 0 Å². The lowest BCUT2D eigenvalue weighted by Gasteiger charge is -2.23. The van der Waals surface area contributed by atoms with Gasteiger partial charge in [-0.15, -0.1) is 18.2 Å². The number of amides is 2. The topological polar surface area (TPSA) is 58.2 Å². The van der Waals surface area contributed by atoms with Crippen LogP contribution in [0.2, 0.25) is 0 Å². The molecule has 4 nitrogen and oxygen atoms in total. The van der Waals surface area contributed by atoms with Gasteiger partial charge in [-0.25, -0.2) is 0 Å². The van der Waals surface area contributed by atoms with Crippen molar-refractivity contribution in [2.45, 2.75) is 16.6 Å². The van der Waals surface area contributed by atoms with Gasteiger partial charge in [-0.1, -0.05) is 18.1 Å². The third-order valence-corrected chi connectivity index (χ3v) is 3.74. The molecule has 1 heterocycles. The van der Waals surface area contributed by atoms with Gasteiger partial charge in [-0.2, -0.15) is 0 Å². The summed E-state index contributed by atoms with van der Waals surface area (Å²) in [7, 11) is 0. The Labute approximate surface area is 110 Å². The summed E-state index contributed by atoms with van der Waals surface area (Å²) < 4.78 is 0. The minimum Gasteiger partial charge on any atom is -0.345 e. The molecule has 0 saturated carbocycles. The predicted molar refractivity (Wildman–Crippen MR) is 71.2 cm³/mol. The smallest absolute Gasteiger partial charge is 0.238 e. The van der Waals surface area contributed by atoms with Crippen LogP contribution in [0.15, 0.2) is 29.2 Å². The van der Waals surface area contributed by atoms with E-state index < -0.39 is 5.25 Å². The summed E-state index contributed by atoms with van der Waals surface area (Å²) in [6.45, 7) is 0.189. The molecule has 1 atom stereocenters. The molecule has 0 fully saturated rings. The fraction of sp³-hybridized carbons (Fsp3) is 0.231. The maximum atomic E-state index is 11.8. The van der Waals surface area contributed by atoms with E-state index in [2.05, 4.69) is 16.6 Å². The minimum absolute atomic E-state index is 0.131. The Bertz CT molecular complexity index is 522. The standard InChI is InChI=1S/C13H12N2O2S/c1-2-7-14-12(16)8-11-13(17)15-9-5-3-4-6-10(9)18-11/h1,3-6,11H,7-8H2,(H,14,16)(H,15,17). The molecule has 2 N–H and O–H groups in total. The van der Waals surface area contributed by atoms with Gasteiger partial charge in [-0.05, 0) is 12.1 Å². The molecule has 92 valence electrons. The van der Waals surface area contributed by atoms with Gasteiger partial charge in [0.2, 0.25) is 11.8 Å². The molecule has 0 bridgehead atoms. The zero-order chi connectivity index (χ0) is 13.0. The lowest BCUT2D eigenvalue weighted by Crippen LogP contribution is -2.34. The van der Waals surface area contributed by atoms with E-state index in [-0.39, 0.29) is 24.8 Å². The maximum Gasteiger partial charge on any atom is 0.238 e. The first kappa shape index (κ1) is 12.5. The molecule has 1 aliphatic rings. The van der Waals surface area contributed by atoms with Crippen LogP contribution in [0.5, 0.6) is 0 Å². The molecule has 0 radical (unpaired) electrons. The van der Waals surface area contributed by atoms with Crippen molar-refractivity contribution in [3.05, 3.63) is 24.3 Å². The summed E-state index contributed by atoms with van der Waals surface area (Å²) in [6.07, 6.45) is 5.18. The minimum atomic E-state index is -0.405. The fourth-order valence-electron chi connectivity index (χ4n) is 1.62. The second-order valence-electron chi connectivity index (χ2n) is 3.78. The van der Waals surface area contributed by atoms with Gasteiger partial charge in [-0.3, -0.25) is 9.59 Å². The number of para-hydroxylation sites is 1. The highest BCUT2D eigenvalue weighted by molar-refractivity contribution is 8.01. The number of hydrogen-bond donors (Lipinski definition) is 2. The maximum absolute atomic E-state index is 11.8. The van der Waals surface area contributed by atoms with Crippen molar-refractivity contribution in [1.82, 2.24) is 5.32 Å². The normalized spacial score (nSPS) is 17.3. The van der Waals surface area contributed by atoms with E-state index in [1.54, 1.807) is 0 Å². The molecular formula is C13H12N2O2S. The number of anilines is 1. The van der Waals surface area contributed by atoms with Crippen LogP contribution in [-0.4, -0.2) is 23.6 Å². The second kappa shape index (κ2) is 5.61. The molecule has 1 aromatic carbocycles. The van der Waals surface area contributed by atoms with Crippen LogP contribution in [0, 0.1) is 12.3 Å². The fourth-order valence-corrected chi connectivity index (χ4v) is 2.73. The predicted octanol–water partition coefficient (Wildman–Crippen LogP) is 1.24. The van der Waals surface area contributed by atoms with Gasteiger partial charge in [0.15, 0.2) is 0 Å². The summed E-state index contributed by atoms with van der Waals surface area (Å²) in [5, 5.41) is 4.94. The number of carbonyl (C=O) groups excluding carboxylic acids is 2. The van der Waals surface area contributed by atoms with E-state index in [9.17, 15) is 9.59 Å². The van der Waals surface area contributed by atoms with Crippen molar-refractivity contribution in [2.75, 3.05) is 11.9 Å². The van der Waals surface area contributed by atoms with E-state index in [0.29, 0.717) is 0 Å². The molecule has 1 aromatic rings. The molecular weight excluding hydrogens is 248 g/mol. The zero-order valence-corrected chi connectivity index (χ0v) is 10.4.